The van der Waals surface area contributed by atoms with Crippen molar-refractivity contribution in [2.75, 3.05) is 0 Å². The maximum atomic E-state index is 12.6. The molecule has 0 spiro atoms. The molecule has 0 atom stereocenters. The van der Waals surface area contributed by atoms with Crippen molar-refractivity contribution in [3.8, 4) is 10.4 Å². The van der Waals surface area contributed by atoms with E-state index in [-0.39, 0.29) is 5.83 Å². The van der Waals surface area contributed by atoms with Gasteiger partial charge in [-0.25, -0.2) is 4.39 Å². The van der Waals surface area contributed by atoms with Gasteiger partial charge in [0.2, 0.25) is 0 Å². The third kappa shape index (κ3) is 2.50. The molecule has 1 nitrogen and oxygen atoms in total. The van der Waals surface area contributed by atoms with Crippen LogP contribution in [0.15, 0.2) is 48.4 Å². The summed E-state index contributed by atoms with van der Waals surface area (Å²) in [6, 6.07) is 5.86. The highest BCUT2D eigenvalue weighted by Crippen LogP contribution is 2.27. The molecule has 0 saturated heterocycles. The van der Waals surface area contributed by atoms with Gasteiger partial charge in [-0.3, -0.25) is 4.98 Å². The van der Waals surface area contributed by atoms with Gasteiger partial charge < -0.3 is 0 Å². The first-order valence-corrected chi connectivity index (χ1v) is 5.45. The second-order valence-electron chi connectivity index (χ2n) is 3.25. The highest BCUT2D eigenvalue weighted by atomic mass is 32.1. The van der Waals surface area contributed by atoms with Crippen molar-refractivity contribution in [1.29, 1.82) is 0 Å². The van der Waals surface area contributed by atoms with Gasteiger partial charge in [0, 0.05) is 29.3 Å². The highest BCUT2D eigenvalue weighted by Gasteiger charge is 2.03. The van der Waals surface area contributed by atoms with Crippen LogP contribution in [0.1, 0.15) is 5.56 Å². The molecule has 0 fully saturated rings. The molecule has 0 unspecified atom stereocenters. The minimum Gasteiger partial charge on any atom is -0.264 e. The fourth-order valence-corrected chi connectivity index (χ4v) is 2.26. The van der Waals surface area contributed by atoms with E-state index in [1.54, 1.807) is 23.7 Å². The van der Waals surface area contributed by atoms with Crippen molar-refractivity contribution in [3.63, 3.8) is 0 Å². The summed E-state index contributed by atoms with van der Waals surface area (Å²) in [7, 11) is 0. The number of rotatable bonds is 3. The van der Waals surface area contributed by atoms with Crippen LogP contribution >= 0.6 is 11.3 Å². The van der Waals surface area contributed by atoms with Gasteiger partial charge in [-0.15, -0.1) is 11.3 Å². The number of thiophene rings is 1. The molecule has 15 heavy (non-hydrogen) atoms. The number of aromatic nitrogens is 1. The van der Waals surface area contributed by atoms with Gasteiger partial charge in [0.05, 0.1) is 5.83 Å². The maximum absolute atomic E-state index is 12.6. The minimum absolute atomic E-state index is 0.300. The molecule has 2 aromatic rings. The smallest absolute Gasteiger partial charge is 0.0972 e. The first-order chi connectivity index (χ1) is 7.25. The summed E-state index contributed by atoms with van der Waals surface area (Å²) in [4.78, 5) is 5.16. The molecule has 76 valence electrons. The molecule has 0 saturated carbocycles. The monoisotopic (exact) mass is 219 g/mol. The van der Waals surface area contributed by atoms with E-state index >= 15 is 0 Å². The second-order valence-corrected chi connectivity index (χ2v) is 4.17. The van der Waals surface area contributed by atoms with Crippen LogP contribution < -0.4 is 0 Å². The molecule has 0 N–H and O–H groups in total. The van der Waals surface area contributed by atoms with Crippen LogP contribution in [0.3, 0.4) is 0 Å². The Bertz CT molecular complexity index is 461. The molecule has 0 amide bonds. The van der Waals surface area contributed by atoms with Crippen molar-refractivity contribution in [3.05, 3.63) is 53.9 Å². The number of pyridine rings is 1. The third-order valence-electron chi connectivity index (χ3n) is 2.00. The van der Waals surface area contributed by atoms with Gasteiger partial charge in [0.15, 0.2) is 0 Å². The van der Waals surface area contributed by atoms with Gasteiger partial charge in [-0.05, 0) is 23.1 Å². The van der Waals surface area contributed by atoms with Crippen molar-refractivity contribution < 1.29 is 4.39 Å². The van der Waals surface area contributed by atoms with Crippen LogP contribution in [0.4, 0.5) is 4.39 Å². The average molecular weight is 219 g/mol. The number of hydrogen-bond acceptors (Lipinski definition) is 2. The van der Waals surface area contributed by atoms with Gasteiger partial charge in [-0.2, -0.15) is 0 Å². The molecule has 0 aliphatic heterocycles. The quantitative estimate of drug-likeness (QED) is 0.764. The van der Waals surface area contributed by atoms with E-state index in [2.05, 4.69) is 11.6 Å². The summed E-state index contributed by atoms with van der Waals surface area (Å²) in [5.74, 6) is -0.300. The molecule has 0 aromatic carbocycles. The molecule has 0 aliphatic carbocycles. The van der Waals surface area contributed by atoms with E-state index in [4.69, 9.17) is 0 Å². The normalized spacial score (nSPS) is 10.2. The average Bonchev–Trinajstić information content (AvgIpc) is 2.67. The molecule has 2 heterocycles. The van der Waals surface area contributed by atoms with E-state index in [1.807, 2.05) is 23.6 Å². The molecule has 0 bridgehead atoms. The standard InChI is InChI=1S/C12H10FNS/c1-9(13)5-10-6-12(15-8-10)11-3-2-4-14-7-11/h2-4,6-8H,1,5H2. The van der Waals surface area contributed by atoms with E-state index in [9.17, 15) is 4.39 Å². The summed E-state index contributed by atoms with van der Waals surface area (Å²) in [6.07, 6.45) is 3.85. The Morgan fingerprint density at radius 2 is 2.40 bits per heavy atom. The summed E-state index contributed by atoms with van der Waals surface area (Å²) >= 11 is 1.60. The Hall–Kier alpha value is -1.48. The molecule has 2 rings (SSSR count). The molecule has 3 heteroatoms. The van der Waals surface area contributed by atoms with E-state index < -0.39 is 0 Å². The van der Waals surface area contributed by atoms with E-state index in [1.165, 1.54) is 0 Å². The van der Waals surface area contributed by atoms with Crippen molar-refractivity contribution in [1.82, 2.24) is 4.98 Å². The number of halogens is 1. The Balaban J connectivity index is 2.24. The lowest BCUT2D eigenvalue weighted by molar-refractivity contribution is 0.617. The van der Waals surface area contributed by atoms with Gasteiger partial charge in [-0.1, -0.05) is 12.6 Å². The lowest BCUT2D eigenvalue weighted by Crippen LogP contribution is -1.79. The van der Waals surface area contributed by atoms with Crippen LogP contribution in [0.25, 0.3) is 10.4 Å². The fraction of sp³-hybridized carbons (Fsp3) is 0.0833. The van der Waals surface area contributed by atoms with Crippen LogP contribution in [0.2, 0.25) is 0 Å². The summed E-state index contributed by atoms with van der Waals surface area (Å²) in [5, 5.41) is 1.95. The maximum Gasteiger partial charge on any atom is 0.0972 e. The summed E-state index contributed by atoms with van der Waals surface area (Å²) in [5.41, 5.74) is 2.03. The Morgan fingerprint density at radius 1 is 1.53 bits per heavy atom. The molecular weight excluding hydrogens is 209 g/mol. The third-order valence-corrected chi connectivity index (χ3v) is 3.02. The Labute approximate surface area is 91.9 Å². The van der Waals surface area contributed by atoms with Crippen molar-refractivity contribution in [2.45, 2.75) is 6.42 Å². The minimum atomic E-state index is -0.300. The van der Waals surface area contributed by atoms with Gasteiger partial charge in [0.25, 0.3) is 0 Å². The van der Waals surface area contributed by atoms with Crippen molar-refractivity contribution >= 4 is 11.3 Å². The number of allylic oxidation sites excluding steroid dienone is 1. The van der Waals surface area contributed by atoms with E-state index in [0.717, 1.165) is 16.0 Å². The highest BCUT2D eigenvalue weighted by molar-refractivity contribution is 7.13. The molecular formula is C12H10FNS. The Morgan fingerprint density at radius 3 is 3.07 bits per heavy atom. The fourth-order valence-electron chi connectivity index (χ4n) is 1.35. The second kappa shape index (κ2) is 4.36. The van der Waals surface area contributed by atoms with Crippen molar-refractivity contribution in [2.24, 2.45) is 0 Å². The molecule has 2 aromatic heterocycles. The summed E-state index contributed by atoms with van der Waals surface area (Å²) in [6.45, 7) is 3.26. The largest absolute Gasteiger partial charge is 0.264 e. The molecule has 0 radical (unpaired) electrons. The molecule has 0 aliphatic rings. The predicted octanol–water partition coefficient (Wildman–Crippen LogP) is 3.84. The zero-order valence-corrected chi connectivity index (χ0v) is 8.93. The zero-order chi connectivity index (χ0) is 10.7. The van der Waals surface area contributed by atoms with Crippen LogP contribution in [0, 0.1) is 0 Å². The number of nitrogens with zero attached hydrogens (tertiary/aromatic N) is 1. The zero-order valence-electron chi connectivity index (χ0n) is 8.11. The predicted molar refractivity (Wildman–Crippen MR) is 61.5 cm³/mol. The summed E-state index contributed by atoms with van der Waals surface area (Å²) < 4.78 is 12.6. The SMILES string of the molecule is C=C(F)Cc1csc(-c2cccnc2)c1. The van der Waals surface area contributed by atoms with Crippen LogP contribution in [0.5, 0.6) is 0 Å². The first-order valence-electron chi connectivity index (χ1n) is 4.57. The van der Waals surface area contributed by atoms with Gasteiger partial charge in [0.1, 0.15) is 0 Å². The van der Waals surface area contributed by atoms with Crippen LogP contribution in [-0.2, 0) is 6.42 Å². The lowest BCUT2D eigenvalue weighted by atomic mass is 10.2. The first kappa shape index (κ1) is 10.1. The van der Waals surface area contributed by atoms with Crippen LogP contribution in [-0.4, -0.2) is 4.98 Å². The van der Waals surface area contributed by atoms with E-state index in [0.29, 0.717) is 6.42 Å². The Kier molecular flexibility index (Phi) is 2.92. The topological polar surface area (TPSA) is 12.9 Å². The van der Waals surface area contributed by atoms with Gasteiger partial charge >= 0.3 is 0 Å². The lowest BCUT2D eigenvalue weighted by Gasteiger charge is -1.94. The number of hydrogen-bond donors (Lipinski definition) is 0.